The van der Waals surface area contributed by atoms with Crippen LogP contribution in [0.3, 0.4) is 0 Å². The number of hydrogen-bond acceptors (Lipinski definition) is 6. The van der Waals surface area contributed by atoms with Crippen LogP contribution in [0.5, 0.6) is 0 Å². The molecule has 2 fully saturated rings. The van der Waals surface area contributed by atoms with Crippen molar-refractivity contribution in [1.29, 1.82) is 0 Å². The smallest absolute Gasteiger partial charge is 0.392 e. The van der Waals surface area contributed by atoms with E-state index in [1.54, 1.807) is 4.90 Å². The molecular formula is C23H25F5N6O2. The summed E-state index contributed by atoms with van der Waals surface area (Å²) in [6, 6.07) is 1.28. The number of carbonyl (C=O) groups excluding carboxylic acids is 1. The molecule has 1 aliphatic heterocycles. The lowest BCUT2D eigenvalue weighted by molar-refractivity contribution is -0.141. The van der Waals surface area contributed by atoms with Crippen molar-refractivity contribution in [2.24, 2.45) is 16.8 Å². The van der Waals surface area contributed by atoms with E-state index in [9.17, 15) is 27.5 Å². The van der Waals surface area contributed by atoms with Gasteiger partial charge in [0, 0.05) is 48.9 Å². The number of amides is 1. The number of likely N-dealkylation sites (tertiary alicyclic amines) is 1. The van der Waals surface area contributed by atoms with Crippen molar-refractivity contribution in [2.75, 3.05) is 13.1 Å². The first kappa shape index (κ1) is 27.0. The third kappa shape index (κ3) is 5.61. The van der Waals surface area contributed by atoms with E-state index in [2.05, 4.69) is 27.0 Å². The molecule has 2 N–H and O–H groups in total. The average molecular weight is 512 g/mol. The van der Waals surface area contributed by atoms with Crippen LogP contribution < -0.4 is 5.32 Å². The molecule has 1 amide bonds. The molecule has 1 saturated carbocycles. The summed E-state index contributed by atoms with van der Waals surface area (Å²) in [4.78, 5) is 22.9. The van der Waals surface area contributed by atoms with E-state index in [1.807, 2.05) is 0 Å². The molecule has 36 heavy (non-hydrogen) atoms. The fourth-order valence-corrected chi connectivity index (χ4v) is 4.66. The van der Waals surface area contributed by atoms with E-state index in [0.29, 0.717) is 13.1 Å². The van der Waals surface area contributed by atoms with Crippen molar-refractivity contribution >= 4 is 28.7 Å². The molecule has 13 heteroatoms. The maximum absolute atomic E-state index is 13.3. The Bertz CT molecular complexity index is 1190. The Morgan fingerprint density at radius 2 is 2.00 bits per heavy atom. The van der Waals surface area contributed by atoms with Gasteiger partial charge < -0.3 is 15.3 Å². The second-order valence-corrected chi connectivity index (χ2v) is 8.52. The zero-order valence-electron chi connectivity index (χ0n) is 19.0. The lowest BCUT2D eigenvalue weighted by Gasteiger charge is -2.35. The lowest BCUT2D eigenvalue weighted by atomic mass is 9.95. The number of aliphatic hydroxyl groups is 1. The lowest BCUT2D eigenvalue weighted by Crippen LogP contribution is -2.47. The van der Waals surface area contributed by atoms with Crippen molar-refractivity contribution in [2.45, 2.75) is 31.7 Å². The van der Waals surface area contributed by atoms with Crippen molar-refractivity contribution in [3.8, 4) is 0 Å². The number of aliphatic imine (C=N–C) groups is 1. The van der Waals surface area contributed by atoms with Crippen LogP contribution in [0.1, 0.15) is 29.0 Å². The van der Waals surface area contributed by atoms with Crippen LogP contribution in [0.25, 0.3) is 16.6 Å². The van der Waals surface area contributed by atoms with Gasteiger partial charge in [0.15, 0.2) is 0 Å². The first-order valence-electron chi connectivity index (χ1n) is 11.0. The van der Waals surface area contributed by atoms with E-state index >= 15 is 0 Å². The number of nitrogens with zero attached hydrogens (tertiary/aromatic N) is 5. The van der Waals surface area contributed by atoms with Crippen LogP contribution >= 0.6 is 0 Å². The maximum Gasteiger partial charge on any atom is 0.408 e. The van der Waals surface area contributed by atoms with Crippen LogP contribution in [0, 0.1) is 11.8 Å². The third-order valence-corrected chi connectivity index (χ3v) is 6.21. The highest BCUT2D eigenvalue weighted by molar-refractivity contribution is 5.98. The predicted molar refractivity (Wildman–Crippen MR) is 124 cm³/mol. The Hall–Kier alpha value is -3.61. The summed E-state index contributed by atoms with van der Waals surface area (Å²) in [7, 11) is 0. The summed E-state index contributed by atoms with van der Waals surface area (Å²) >= 11 is 0. The van der Waals surface area contributed by atoms with Crippen LogP contribution in [0.2, 0.25) is 0 Å². The summed E-state index contributed by atoms with van der Waals surface area (Å²) in [5, 5.41) is 17.1. The van der Waals surface area contributed by atoms with Crippen LogP contribution in [-0.4, -0.2) is 62.3 Å². The predicted octanol–water partition coefficient (Wildman–Crippen LogP) is 3.57. The minimum Gasteiger partial charge on any atom is -0.392 e. The molecule has 1 saturated heterocycles. The number of piperidine rings is 1. The molecule has 2 aromatic heterocycles. The van der Waals surface area contributed by atoms with Gasteiger partial charge in [0.05, 0.1) is 23.5 Å². The van der Waals surface area contributed by atoms with E-state index in [1.165, 1.54) is 30.8 Å². The minimum atomic E-state index is -4.58. The number of fused-ring (bicyclic) bond motifs is 3. The van der Waals surface area contributed by atoms with Gasteiger partial charge in [0.2, 0.25) is 0 Å². The first-order valence-corrected chi connectivity index (χ1v) is 11.0. The fraction of sp³-hybridized carbons (Fsp3) is 0.391. The zero-order chi connectivity index (χ0) is 25.2. The molecule has 8 nitrogen and oxygen atoms in total. The molecule has 2 atom stereocenters. The molecule has 4 rings (SSSR count). The highest BCUT2D eigenvalue weighted by Gasteiger charge is 2.42. The number of allylic oxidation sites excluding steroid dienone is 1. The van der Waals surface area contributed by atoms with Crippen molar-refractivity contribution in [1.82, 2.24) is 25.0 Å². The molecule has 0 radical (unpaired) electrons. The quantitative estimate of drug-likeness (QED) is 0.437. The van der Waals surface area contributed by atoms with Gasteiger partial charge in [-0.15, -0.1) is 0 Å². The van der Waals surface area contributed by atoms with E-state index in [0.717, 1.165) is 23.7 Å². The van der Waals surface area contributed by atoms with Crippen molar-refractivity contribution in [3.05, 3.63) is 55.0 Å². The number of aromatic nitrogens is 3. The minimum absolute atomic E-state index is 0. The number of halogens is 5. The molecule has 1 aliphatic carbocycles. The van der Waals surface area contributed by atoms with Crippen LogP contribution in [0.15, 0.2) is 48.6 Å². The summed E-state index contributed by atoms with van der Waals surface area (Å²) < 4.78 is 53.3. The number of aliphatic hydroxyl groups excluding tert-OH is 1. The van der Waals surface area contributed by atoms with Gasteiger partial charge in [0.25, 0.3) is 5.91 Å². The summed E-state index contributed by atoms with van der Waals surface area (Å²) in [6.07, 6.45) is 3.06. The normalized spacial score (nSPS) is 22.4. The van der Waals surface area contributed by atoms with Gasteiger partial charge in [0.1, 0.15) is 24.3 Å². The maximum atomic E-state index is 13.3. The van der Waals surface area contributed by atoms with Gasteiger partial charge in [-0.1, -0.05) is 12.7 Å². The number of hydrogen-bond donors (Lipinski definition) is 2. The van der Waals surface area contributed by atoms with E-state index in [4.69, 9.17) is 0 Å². The molecule has 194 valence electrons. The summed E-state index contributed by atoms with van der Waals surface area (Å²) in [6.45, 7) is 2.84. The van der Waals surface area contributed by atoms with E-state index < -0.39 is 24.7 Å². The highest BCUT2D eigenvalue weighted by Crippen LogP contribution is 2.37. The van der Waals surface area contributed by atoms with E-state index in [-0.39, 0.29) is 50.9 Å². The van der Waals surface area contributed by atoms with Gasteiger partial charge >= 0.3 is 6.18 Å². The van der Waals surface area contributed by atoms with Crippen LogP contribution in [-0.2, 0) is 6.54 Å². The van der Waals surface area contributed by atoms with Gasteiger partial charge in [-0.2, -0.15) is 18.3 Å². The second-order valence-electron chi connectivity index (χ2n) is 8.52. The number of alkyl halides is 3. The van der Waals surface area contributed by atoms with Crippen molar-refractivity contribution < 1.29 is 32.2 Å². The Balaban J connectivity index is 0.00000361. The van der Waals surface area contributed by atoms with Crippen molar-refractivity contribution in [3.63, 3.8) is 0 Å². The molecule has 2 aromatic rings. The monoisotopic (exact) mass is 512 g/mol. The molecule has 2 bridgehead atoms. The highest BCUT2D eigenvalue weighted by atomic mass is 19.4. The van der Waals surface area contributed by atoms with Gasteiger partial charge in [-0.05, 0) is 18.9 Å². The molecule has 2 aliphatic rings. The number of rotatable bonds is 7. The molecule has 2 unspecified atom stereocenters. The second kappa shape index (κ2) is 11.0. The summed E-state index contributed by atoms with van der Waals surface area (Å²) in [5.41, 5.74) is 0.190. The Morgan fingerprint density at radius 3 is 2.61 bits per heavy atom. The Morgan fingerprint density at radius 1 is 1.31 bits per heavy atom. The average Bonchev–Trinajstić information content (AvgIpc) is 3.23. The molecule has 0 spiro atoms. The number of nitrogens with one attached hydrogen (secondary N) is 1. The number of pyridine rings is 1. The fourth-order valence-electron chi connectivity index (χ4n) is 4.66. The zero-order valence-corrected chi connectivity index (χ0v) is 19.0. The summed E-state index contributed by atoms with van der Waals surface area (Å²) in [5.74, 6) is -0.439. The van der Waals surface area contributed by atoms with Crippen LogP contribution in [0.4, 0.5) is 22.3 Å². The SMILES string of the molecule is C=CC=N/C=C(\N/C=C/F)c1nn(CC(F)(F)F)c2cc(C(=O)N3CC4CCC(C3)C4O)ncc12.F. The largest absolute Gasteiger partial charge is 0.408 e. The molecular weight excluding hydrogens is 487 g/mol. The van der Waals surface area contributed by atoms with Gasteiger partial charge in [-0.3, -0.25) is 24.2 Å². The first-order chi connectivity index (χ1) is 16.7. The molecule has 0 aromatic carbocycles. The topological polar surface area (TPSA) is 95.6 Å². The molecule has 3 heterocycles. The number of carbonyl (C=O) groups is 1. The third-order valence-electron chi connectivity index (χ3n) is 6.21. The Kier molecular flexibility index (Phi) is 8.23. The van der Waals surface area contributed by atoms with Gasteiger partial charge in [-0.25, -0.2) is 4.39 Å². The standard InChI is InChI=1S/C23H24F4N6O2.FH/c1-2-6-28-10-18(29-7-5-24)20-16-9-30-17(8-19(16)33(31-20)13-23(25,26)27)22(35)32-11-14-3-4-15(12-32)21(14)34;/h2,5-10,14-15,21,29,34H,1,3-4,11-13H2;1H/b7-5+,18-10-,28-6?;. The Labute approximate surface area is 203 Å².